The van der Waals surface area contributed by atoms with Gasteiger partial charge in [0.25, 0.3) is 0 Å². The molecule has 0 spiro atoms. The van der Waals surface area contributed by atoms with Crippen molar-refractivity contribution < 1.29 is 14.7 Å². The van der Waals surface area contributed by atoms with Gasteiger partial charge in [-0.15, -0.1) is 0 Å². The van der Waals surface area contributed by atoms with Crippen LogP contribution in [0.3, 0.4) is 0 Å². The Morgan fingerprint density at radius 1 is 1.27 bits per heavy atom. The Labute approximate surface area is 90.2 Å². The number of hydrogen-bond acceptors (Lipinski definition) is 3. The normalized spacial score (nSPS) is 12.1. The van der Waals surface area contributed by atoms with E-state index in [-0.39, 0.29) is 12.5 Å². The summed E-state index contributed by atoms with van der Waals surface area (Å²) < 4.78 is 0. The second-order valence-electron chi connectivity index (χ2n) is 3.42. The Bertz CT molecular complexity index is 207. The van der Waals surface area contributed by atoms with Crippen LogP contribution in [0.4, 0.5) is 0 Å². The average molecular weight is 216 g/mol. The van der Waals surface area contributed by atoms with Crippen molar-refractivity contribution in [1.82, 2.24) is 10.6 Å². The number of carbonyl (C=O) groups excluding carboxylic acids is 1. The second kappa shape index (κ2) is 8.23. The summed E-state index contributed by atoms with van der Waals surface area (Å²) in [5.74, 6) is -1.23. The van der Waals surface area contributed by atoms with E-state index in [2.05, 4.69) is 10.6 Å². The molecule has 1 amide bonds. The van der Waals surface area contributed by atoms with E-state index in [4.69, 9.17) is 5.11 Å². The predicted molar refractivity (Wildman–Crippen MR) is 57.6 cm³/mol. The highest BCUT2D eigenvalue weighted by atomic mass is 16.4. The zero-order valence-electron chi connectivity index (χ0n) is 9.38. The summed E-state index contributed by atoms with van der Waals surface area (Å²) >= 11 is 0. The molecule has 0 fully saturated rings. The molecule has 0 aliphatic heterocycles. The number of carboxylic acids is 1. The lowest BCUT2D eigenvalue weighted by molar-refractivity contribution is -0.141. The first-order chi connectivity index (χ1) is 7.11. The molecule has 0 aliphatic rings. The van der Waals surface area contributed by atoms with Crippen molar-refractivity contribution in [2.45, 2.75) is 39.2 Å². The summed E-state index contributed by atoms with van der Waals surface area (Å²) in [6, 6.07) is -0.758. The predicted octanol–water partition coefficient (Wildman–Crippen LogP) is 0.355. The number of amides is 1. The molecule has 0 aromatic carbocycles. The average Bonchev–Trinajstić information content (AvgIpc) is 2.17. The van der Waals surface area contributed by atoms with Crippen molar-refractivity contribution in [2.75, 3.05) is 13.1 Å². The van der Waals surface area contributed by atoms with Gasteiger partial charge in [0.15, 0.2) is 0 Å². The molecule has 0 heterocycles. The van der Waals surface area contributed by atoms with Gasteiger partial charge in [0.05, 0.1) is 6.54 Å². The van der Waals surface area contributed by atoms with Crippen molar-refractivity contribution >= 4 is 11.9 Å². The van der Waals surface area contributed by atoms with Crippen LogP contribution in [0.5, 0.6) is 0 Å². The van der Waals surface area contributed by atoms with E-state index in [1.165, 1.54) is 0 Å². The molecule has 0 saturated heterocycles. The largest absolute Gasteiger partial charge is 0.480 e. The third-order valence-electron chi connectivity index (χ3n) is 1.92. The van der Waals surface area contributed by atoms with E-state index >= 15 is 0 Å². The maximum Gasteiger partial charge on any atom is 0.326 e. The van der Waals surface area contributed by atoms with Crippen LogP contribution in [-0.2, 0) is 9.59 Å². The lowest BCUT2D eigenvalue weighted by atomic mass is 10.1. The SMILES string of the molecule is CCCNCC(=O)N[C@@H](CCC)C(=O)O. The number of nitrogens with one attached hydrogen (secondary N) is 2. The first kappa shape index (κ1) is 13.9. The van der Waals surface area contributed by atoms with Gasteiger partial charge in [0.1, 0.15) is 6.04 Å². The zero-order chi connectivity index (χ0) is 11.7. The van der Waals surface area contributed by atoms with E-state index in [0.29, 0.717) is 6.42 Å². The highest BCUT2D eigenvalue weighted by Gasteiger charge is 2.17. The molecule has 0 rings (SSSR count). The fourth-order valence-corrected chi connectivity index (χ4v) is 1.17. The first-order valence-electron chi connectivity index (χ1n) is 5.34. The van der Waals surface area contributed by atoms with Gasteiger partial charge in [-0.2, -0.15) is 0 Å². The van der Waals surface area contributed by atoms with Gasteiger partial charge in [-0.25, -0.2) is 4.79 Å². The second-order valence-corrected chi connectivity index (χ2v) is 3.42. The lowest BCUT2D eigenvalue weighted by Crippen LogP contribution is -2.44. The maximum atomic E-state index is 11.3. The highest BCUT2D eigenvalue weighted by molar-refractivity contribution is 5.84. The van der Waals surface area contributed by atoms with E-state index in [1.54, 1.807) is 0 Å². The lowest BCUT2D eigenvalue weighted by Gasteiger charge is -2.13. The molecule has 0 saturated carbocycles. The van der Waals surface area contributed by atoms with Gasteiger partial charge in [-0.05, 0) is 19.4 Å². The van der Waals surface area contributed by atoms with Crippen LogP contribution in [0.25, 0.3) is 0 Å². The van der Waals surface area contributed by atoms with Crippen molar-refractivity contribution in [3.8, 4) is 0 Å². The quantitative estimate of drug-likeness (QED) is 0.512. The van der Waals surface area contributed by atoms with Crippen molar-refractivity contribution in [3.05, 3.63) is 0 Å². The molecule has 15 heavy (non-hydrogen) atoms. The maximum absolute atomic E-state index is 11.3. The van der Waals surface area contributed by atoms with Gasteiger partial charge in [0.2, 0.25) is 5.91 Å². The van der Waals surface area contributed by atoms with Crippen LogP contribution in [0, 0.1) is 0 Å². The van der Waals surface area contributed by atoms with Gasteiger partial charge in [-0.1, -0.05) is 20.3 Å². The number of aliphatic carboxylic acids is 1. The number of hydrogen-bond donors (Lipinski definition) is 3. The van der Waals surface area contributed by atoms with Crippen molar-refractivity contribution in [2.24, 2.45) is 0 Å². The number of rotatable bonds is 8. The highest BCUT2D eigenvalue weighted by Crippen LogP contribution is 1.96. The van der Waals surface area contributed by atoms with E-state index in [0.717, 1.165) is 19.4 Å². The standard InChI is InChI=1S/C10H20N2O3/c1-3-5-8(10(14)15)12-9(13)7-11-6-4-2/h8,11H,3-7H2,1-2H3,(H,12,13)(H,14,15)/t8-/m0/s1. The van der Waals surface area contributed by atoms with Gasteiger partial charge >= 0.3 is 5.97 Å². The Morgan fingerprint density at radius 2 is 1.93 bits per heavy atom. The molecule has 0 aromatic rings. The molecule has 3 N–H and O–H groups in total. The topological polar surface area (TPSA) is 78.4 Å². The van der Waals surface area contributed by atoms with Crippen LogP contribution >= 0.6 is 0 Å². The molecular formula is C10H20N2O3. The molecule has 0 radical (unpaired) electrons. The summed E-state index contributed by atoms with van der Waals surface area (Å²) in [5.41, 5.74) is 0. The number of carbonyl (C=O) groups is 2. The van der Waals surface area contributed by atoms with E-state index in [1.807, 2.05) is 13.8 Å². The first-order valence-corrected chi connectivity index (χ1v) is 5.34. The van der Waals surface area contributed by atoms with Gasteiger partial charge in [-0.3, -0.25) is 4.79 Å². The molecular weight excluding hydrogens is 196 g/mol. The van der Waals surface area contributed by atoms with E-state index in [9.17, 15) is 9.59 Å². The Kier molecular flexibility index (Phi) is 7.62. The molecule has 0 bridgehead atoms. The minimum atomic E-state index is -0.972. The molecule has 5 nitrogen and oxygen atoms in total. The summed E-state index contributed by atoms with van der Waals surface area (Å²) in [5, 5.41) is 14.2. The monoisotopic (exact) mass is 216 g/mol. The third kappa shape index (κ3) is 6.90. The van der Waals surface area contributed by atoms with Crippen LogP contribution in [0.2, 0.25) is 0 Å². The molecule has 0 aromatic heterocycles. The summed E-state index contributed by atoms with van der Waals surface area (Å²) in [6.45, 7) is 4.83. The van der Waals surface area contributed by atoms with Crippen LogP contribution in [0.15, 0.2) is 0 Å². The molecule has 0 aliphatic carbocycles. The van der Waals surface area contributed by atoms with Crippen LogP contribution < -0.4 is 10.6 Å². The molecule has 1 atom stereocenters. The fraction of sp³-hybridized carbons (Fsp3) is 0.800. The smallest absolute Gasteiger partial charge is 0.326 e. The minimum Gasteiger partial charge on any atom is -0.480 e. The Morgan fingerprint density at radius 3 is 2.40 bits per heavy atom. The third-order valence-corrected chi connectivity index (χ3v) is 1.92. The fourth-order valence-electron chi connectivity index (χ4n) is 1.17. The number of carboxylic acid groups (broad SMARTS) is 1. The molecule has 88 valence electrons. The van der Waals surface area contributed by atoms with Crippen LogP contribution in [-0.4, -0.2) is 36.1 Å². The Hall–Kier alpha value is -1.10. The summed E-state index contributed by atoms with van der Waals surface area (Å²) in [4.78, 5) is 22.0. The van der Waals surface area contributed by atoms with Crippen molar-refractivity contribution in [3.63, 3.8) is 0 Å². The summed E-state index contributed by atoms with van der Waals surface area (Å²) in [6.07, 6.45) is 2.15. The Balaban J connectivity index is 3.84. The van der Waals surface area contributed by atoms with E-state index < -0.39 is 12.0 Å². The summed E-state index contributed by atoms with van der Waals surface area (Å²) in [7, 11) is 0. The minimum absolute atomic E-state index is 0.182. The molecule has 5 heteroatoms. The van der Waals surface area contributed by atoms with Crippen LogP contribution in [0.1, 0.15) is 33.1 Å². The zero-order valence-corrected chi connectivity index (χ0v) is 9.38. The van der Waals surface area contributed by atoms with Gasteiger partial charge in [0, 0.05) is 0 Å². The van der Waals surface area contributed by atoms with Gasteiger partial charge < -0.3 is 15.7 Å². The molecule has 0 unspecified atom stereocenters. The van der Waals surface area contributed by atoms with Crippen molar-refractivity contribution in [1.29, 1.82) is 0 Å².